The van der Waals surface area contributed by atoms with Gasteiger partial charge in [0.25, 0.3) is 0 Å². The fraction of sp³-hybridized carbons (Fsp3) is 0.100. The van der Waals surface area contributed by atoms with Gasteiger partial charge in [-0.2, -0.15) is 0 Å². The zero-order chi connectivity index (χ0) is 32.0. The summed E-state index contributed by atoms with van der Waals surface area (Å²) in [4.78, 5) is 0. The number of hydrogen-bond acceptors (Lipinski definition) is 4. The van der Waals surface area contributed by atoms with Gasteiger partial charge >= 0.3 is 0 Å². The van der Waals surface area contributed by atoms with Crippen molar-refractivity contribution in [3.63, 3.8) is 0 Å². The van der Waals surface area contributed by atoms with Gasteiger partial charge in [0.05, 0.1) is 10.0 Å². The van der Waals surface area contributed by atoms with E-state index in [9.17, 15) is 0 Å². The third-order valence-corrected chi connectivity index (χ3v) is 8.52. The van der Waals surface area contributed by atoms with Crippen molar-refractivity contribution in [3.05, 3.63) is 177 Å². The number of hydrogen-bond donors (Lipinski definition) is 2. The van der Waals surface area contributed by atoms with Crippen LogP contribution in [0.4, 0.5) is 11.4 Å². The molecule has 0 atom stereocenters. The lowest BCUT2D eigenvalue weighted by molar-refractivity contribution is 0.482. The number of nitrogens with two attached hydrogens (primary N) is 2. The van der Waals surface area contributed by atoms with E-state index in [1.807, 2.05) is 48.5 Å². The fourth-order valence-electron chi connectivity index (χ4n) is 5.41. The van der Waals surface area contributed by atoms with Crippen LogP contribution in [0.3, 0.4) is 0 Å². The van der Waals surface area contributed by atoms with Crippen LogP contribution in [0.5, 0.6) is 23.0 Å². The molecule has 46 heavy (non-hydrogen) atoms. The quantitative estimate of drug-likeness (QED) is 0.145. The van der Waals surface area contributed by atoms with Crippen LogP contribution in [0.15, 0.2) is 133 Å². The normalized spacial score (nSPS) is 11.0. The number of nitrogen functional groups attached to an aromatic ring is 2. The highest BCUT2D eigenvalue weighted by Gasteiger charge is 2.12. The van der Waals surface area contributed by atoms with E-state index < -0.39 is 0 Å². The summed E-state index contributed by atoms with van der Waals surface area (Å²) in [7, 11) is 0. The van der Waals surface area contributed by atoms with E-state index in [1.165, 1.54) is 22.3 Å². The van der Waals surface area contributed by atoms with Crippen molar-refractivity contribution in [2.24, 2.45) is 0 Å². The number of benzene rings is 6. The van der Waals surface area contributed by atoms with Gasteiger partial charge in [-0.25, -0.2) is 0 Å². The number of anilines is 2. The first-order valence-corrected chi connectivity index (χ1v) is 15.9. The van der Waals surface area contributed by atoms with Crippen molar-refractivity contribution >= 4 is 34.6 Å². The molecule has 0 aliphatic rings. The SMILES string of the molecule is CC(c1cccc(Cc2ccc(Oc3ccc(N)cc3)c(Cl)c2)c1)c1cccc(Cc2ccc(Oc3ccc(N)cc3)c(Cl)c2)c1. The molecule has 0 radical (unpaired) electrons. The molecule has 0 spiro atoms. The minimum absolute atomic E-state index is 0.221. The van der Waals surface area contributed by atoms with Gasteiger partial charge in [0, 0.05) is 17.3 Å². The summed E-state index contributed by atoms with van der Waals surface area (Å²) >= 11 is 13.2. The lowest BCUT2D eigenvalue weighted by atomic mass is 9.89. The molecule has 4 nitrogen and oxygen atoms in total. The topological polar surface area (TPSA) is 70.5 Å². The van der Waals surface area contributed by atoms with Crippen molar-refractivity contribution in [2.45, 2.75) is 25.7 Å². The van der Waals surface area contributed by atoms with E-state index >= 15 is 0 Å². The zero-order valence-corrected chi connectivity index (χ0v) is 26.9. The molecule has 0 heterocycles. The second-order valence-electron chi connectivity index (χ2n) is 11.4. The average Bonchev–Trinajstić information content (AvgIpc) is 3.05. The molecule has 0 aliphatic heterocycles. The molecule has 0 amide bonds. The van der Waals surface area contributed by atoms with Crippen molar-refractivity contribution < 1.29 is 9.47 Å². The van der Waals surface area contributed by atoms with Crippen LogP contribution in [-0.4, -0.2) is 0 Å². The summed E-state index contributed by atoms with van der Waals surface area (Å²) < 4.78 is 11.9. The maximum absolute atomic E-state index is 6.60. The van der Waals surface area contributed by atoms with E-state index in [1.54, 1.807) is 24.3 Å². The Morgan fingerprint density at radius 2 is 0.891 bits per heavy atom. The number of ether oxygens (including phenoxy) is 2. The number of rotatable bonds is 10. The fourth-order valence-corrected chi connectivity index (χ4v) is 5.89. The molecule has 0 aromatic heterocycles. The van der Waals surface area contributed by atoms with E-state index in [0.717, 1.165) is 24.0 Å². The average molecular weight is 646 g/mol. The summed E-state index contributed by atoms with van der Waals surface area (Å²) in [5.74, 6) is 2.83. The van der Waals surface area contributed by atoms with E-state index in [0.29, 0.717) is 44.4 Å². The molecule has 6 aromatic carbocycles. The molecule has 0 fully saturated rings. The minimum atomic E-state index is 0.221. The maximum Gasteiger partial charge on any atom is 0.146 e. The summed E-state index contributed by atoms with van der Waals surface area (Å²) in [5.41, 5.74) is 20.1. The van der Waals surface area contributed by atoms with Crippen molar-refractivity contribution in [3.8, 4) is 23.0 Å². The third kappa shape index (κ3) is 7.84. The molecule has 230 valence electrons. The molecule has 4 N–H and O–H groups in total. The monoisotopic (exact) mass is 644 g/mol. The smallest absolute Gasteiger partial charge is 0.146 e. The first kappa shape index (κ1) is 31.1. The second-order valence-corrected chi connectivity index (χ2v) is 12.3. The van der Waals surface area contributed by atoms with Gasteiger partial charge in [-0.15, -0.1) is 0 Å². The summed E-state index contributed by atoms with van der Waals surface area (Å²) in [6.07, 6.45) is 1.53. The molecular weight excluding hydrogens is 611 g/mol. The van der Waals surface area contributed by atoms with Crippen LogP contribution in [0, 0.1) is 0 Å². The van der Waals surface area contributed by atoms with Gasteiger partial charge in [0.1, 0.15) is 23.0 Å². The standard InChI is InChI=1S/C40H34Cl2N2O2/c1-26(31-6-2-4-27(22-31)20-29-8-18-39(37(41)24-29)45-35-14-10-33(43)11-15-35)32-7-3-5-28(23-32)21-30-9-19-40(38(42)25-30)46-36-16-12-34(44)13-17-36/h2-19,22-26H,20-21,43-44H2,1H3. The Balaban J connectivity index is 1.11. The van der Waals surface area contributed by atoms with Crippen LogP contribution < -0.4 is 20.9 Å². The second kappa shape index (κ2) is 14.0. The van der Waals surface area contributed by atoms with E-state index in [2.05, 4.69) is 67.6 Å². The predicted molar refractivity (Wildman–Crippen MR) is 191 cm³/mol. The Morgan fingerprint density at radius 3 is 1.28 bits per heavy atom. The summed E-state index contributed by atoms with van der Waals surface area (Å²) in [6, 6.07) is 43.9. The van der Waals surface area contributed by atoms with Gasteiger partial charge in [-0.05, 0) is 119 Å². The van der Waals surface area contributed by atoms with Crippen LogP contribution in [0.25, 0.3) is 0 Å². The van der Waals surface area contributed by atoms with Gasteiger partial charge in [0.2, 0.25) is 0 Å². The van der Waals surface area contributed by atoms with Crippen LogP contribution in [0.2, 0.25) is 10.0 Å². The lowest BCUT2D eigenvalue weighted by Crippen LogP contribution is -1.99. The Hall–Kier alpha value is -4.90. The zero-order valence-electron chi connectivity index (χ0n) is 25.4. The number of halogens is 2. The minimum Gasteiger partial charge on any atom is -0.456 e. The molecule has 0 saturated carbocycles. The molecule has 0 unspecified atom stereocenters. The third-order valence-electron chi connectivity index (χ3n) is 7.93. The predicted octanol–water partition coefficient (Wildman–Crippen LogP) is 11.1. The molecule has 6 heteroatoms. The largest absolute Gasteiger partial charge is 0.456 e. The van der Waals surface area contributed by atoms with Crippen molar-refractivity contribution in [2.75, 3.05) is 11.5 Å². The molecule has 6 rings (SSSR count). The summed E-state index contributed by atoms with van der Waals surface area (Å²) in [6.45, 7) is 2.25. The van der Waals surface area contributed by atoms with Crippen LogP contribution >= 0.6 is 23.2 Å². The molecule has 0 bridgehead atoms. The molecule has 0 aliphatic carbocycles. The Morgan fingerprint density at radius 1 is 0.500 bits per heavy atom. The van der Waals surface area contributed by atoms with Crippen LogP contribution in [0.1, 0.15) is 46.2 Å². The van der Waals surface area contributed by atoms with E-state index in [4.69, 9.17) is 44.1 Å². The highest BCUT2D eigenvalue weighted by atomic mass is 35.5. The van der Waals surface area contributed by atoms with Crippen molar-refractivity contribution in [1.82, 2.24) is 0 Å². The van der Waals surface area contributed by atoms with Gasteiger partial charge < -0.3 is 20.9 Å². The van der Waals surface area contributed by atoms with Gasteiger partial charge in [-0.3, -0.25) is 0 Å². The highest BCUT2D eigenvalue weighted by molar-refractivity contribution is 6.32. The Labute approximate surface area is 280 Å². The first-order valence-electron chi connectivity index (χ1n) is 15.1. The molecular formula is C40H34Cl2N2O2. The van der Waals surface area contributed by atoms with Gasteiger partial charge in [-0.1, -0.05) is 90.8 Å². The maximum atomic E-state index is 6.60. The van der Waals surface area contributed by atoms with Gasteiger partial charge in [0.15, 0.2) is 0 Å². The Kier molecular flexibility index (Phi) is 9.49. The highest BCUT2D eigenvalue weighted by Crippen LogP contribution is 2.33. The summed E-state index contributed by atoms with van der Waals surface area (Å²) in [5, 5.41) is 1.14. The lowest BCUT2D eigenvalue weighted by Gasteiger charge is -2.16. The Bertz CT molecular complexity index is 1810. The molecule has 6 aromatic rings. The molecule has 0 saturated heterocycles. The van der Waals surface area contributed by atoms with Crippen LogP contribution in [-0.2, 0) is 12.8 Å². The van der Waals surface area contributed by atoms with E-state index in [-0.39, 0.29) is 5.92 Å². The van der Waals surface area contributed by atoms with Crippen molar-refractivity contribution in [1.29, 1.82) is 0 Å². The first-order chi connectivity index (χ1) is 22.3.